The lowest BCUT2D eigenvalue weighted by Crippen LogP contribution is -2.39. The molecule has 1 aromatic carbocycles. The van der Waals surface area contributed by atoms with Crippen LogP contribution in [-0.4, -0.2) is 14.1 Å². The zero-order valence-corrected chi connectivity index (χ0v) is 13.7. The van der Waals surface area contributed by atoms with Crippen molar-refractivity contribution in [1.29, 1.82) is 5.26 Å². The third-order valence-corrected chi connectivity index (χ3v) is 5.56. The maximum Gasteiger partial charge on any atom is 0.358 e. The summed E-state index contributed by atoms with van der Waals surface area (Å²) in [5, 5.41) is 13.0. The van der Waals surface area contributed by atoms with Crippen LogP contribution >= 0.6 is 0 Å². The first-order valence-electron chi connectivity index (χ1n) is 7.24. The van der Waals surface area contributed by atoms with Crippen molar-refractivity contribution in [3.63, 3.8) is 0 Å². The summed E-state index contributed by atoms with van der Waals surface area (Å²) >= 11 is 0. The fourth-order valence-electron chi connectivity index (χ4n) is 2.72. The van der Waals surface area contributed by atoms with Crippen LogP contribution in [0, 0.1) is 29.6 Å². The van der Waals surface area contributed by atoms with E-state index >= 15 is 0 Å². The molecule has 0 saturated heterocycles. The first kappa shape index (κ1) is 15.5. The van der Waals surface area contributed by atoms with Gasteiger partial charge in [0.2, 0.25) is 0 Å². The number of nitriles is 1. The summed E-state index contributed by atoms with van der Waals surface area (Å²) in [5.41, 5.74) is 1.61. The van der Waals surface area contributed by atoms with E-state index < -0.39 is 15.5 Å². The van der Waals surface area contributed by atoms with Crippen molar-refractivity contribution in [2.24, 2.45) is 16.5 Å². The van der Waals surface area contributed by atoms with Gasteiger partial charge in [-0.1, -0.05) is 46.7 Å². The van der Waals surface area contributed by atoms with Crippen LogP contribution in [0.15, 0.2) is 58.1 Å². The van der Waals surface area contributed by atoms with Crippen molar-refractivity contribution < 1.29 is 12.7 Å². The van der Waals surface area contributed by atoms with Crippen molar-refractivity contribution in [3.05, 3.63) is 53.6 Å². The van der Waals surface area contributed by atoms with E-state index in [2.05, 4.69) is 11.2 Å². The van der Waals surface area contributed by atoms with Gasteiger partial charge in [-0.15, -0.1) is 0 Å². The number of oxime groups is 1. The molecule has 0 fully saturated rings. The number of nitrogens with zero attached hydrogens (tertiary/aromatic N) is 2. The maximum absolute atomic E-state index is 12.2. The lowest BCUT2D eigenvalue weighted by molar-refractivity contribution is 0.318. The molecule has 0 radical (unpaired) electrons. The van der Waals surface area contributed by atoms with E-state index in [0.29, 0.717) is 0 Å². The number of aryl methyl sites for hydroxylation is 1. The van der Waals surface area contributed by atoms with Gasteiger partial charge in [0.1, 0.15) is 11.0 Å². The summed E-state index contributed by atoms with van der Waals surface area (Å²) in [5.74, 6) is 0.159. The number of fused-ring (bicyclic) bond motifs is 1. The predicted octanol–water partition coefficient (Wildman–Crippen LogP) is 3.10. The van der Waals surface area contributed by atoms with Crippen molar-refractivity contribution in [2.45, 2.75) is 25.2 Å². The molecule has 0 heterocycles. The third-order valence-electron chi connectivity index (χ3n) is 4.44. The highest BCUT2D eigenvalue weighted by Gasteiger charge is 2.43. The number of hydrogen-bond acceptors (Lipinski definition) is 5. The van der Waals surface area contributed by atoms with E-state index in [1.807, 2.05) is 32.1 Å². The van der Waals surface area contributed by atoms with E-state index in [-0.39, 0.29) is 16.5 Å². The zero-order valence-electron chi connectivity index (χ0n) is 12.9. The fourth-order valence-corrected chi connectivity index (χ4v) is 3.45. The van der Waals surface area contributed by atoms with Gasteiger partial charge in [0, 0.05) is 5.41 Å². The Morgan fingerprint density at radius 3 is 2.57 bits per heavy atom. The maximum atomic E-state index is 12.2. The van der Waals surface area contributed by atoms with Gasteiger partial charge in [-0.25, -0.2) is 0 Å². The van der Waals surface area contributed by atoms with Gasteiger partial charge < -0.3 is 0 Å². The summed E-state index contributed by atoms with van der Waals surface area (Å²) in [6.45, 7) is 3.73. The van der Waals surface area contributed by atoms with Crippen LogP contribution in [0.1, 0.15) is 18.9 Å². The molecule has 0 aliphatic heterocycles. The molecule has 5 nitrogen and oxygen atoms in total. The minimum atomic E-state index is -4.03. The summed E-state index contributed by atoms with van der Waals surface area (Å²) in [6.07, 6.45) is 6.78. The summed E-state index contributed by atoms with van der Waals surface area (Å²) in [7, 11) is -4.03. The molecule has 0 aromatic heterocycles. The molecule has 2 unspecified atom stereocenters. The lowest BCUT2D eigenvalue weighted by Gasteiger charge is -2.41. The van der Waals surface area contributed by atoms with E-state index in [1.54, 1.807) is 12.1 Å². The second-order valence-electron chi connectivity index (χ2n) is 6.06. The second-order valence-corrected chi connectivity index (χ2v) is 7.59. The van der Waals surface area contributed by atoms with E-state index in [0.717, 1.165) is 12.0 Å². The summed E-state index contributed by atoms with van der Waals surface area (Å²) in [4.78, 5) is 0.0132. The molecule has 1 aromatic rings. The SMILES string of the molecule is Cc1ccc(S(=O)(=O)O/N=C(\C#N)C2(C)C=CC3=CC2C3)cc1. The van der Waals surface area contributed by atoms with E-state index in [1.165, 1.54) is 17.7 Å². The van der Waals surface area contributed by atoms with Crippen LogP contribution in [0.2, 0.25) is 0 Å². The van der Waals surface area contributed by atoms with Crippen LogP contribution in [0.25, 0.3) is 0 Å². The quantitative estimate of drug-likeness (QED) is 0.628. The van der Waals surface area contributed by atoms with Crippen LogP contribution in [0.3, 0.4) is 0 Å². The normalized spacial score (nSPS) is 26.0. The number of benzene rings is 1. The van der Waals surface area contributed by atoms with Gasteiger partial charge in [-0.2, -0.15) is 13.7 Å². The molecule has 2 bridgehead atoms. The molecule has 2 atom stereocenters. The van der Waals surface area contributed by atoms with Gasteiger partial charge in [-0.3, -0.25) is 4.28 Å². The molecule has 0 spiro atoms. The molecule has 23 heavy (non-hydrogen) atoms. The third kappa shape index (κ3) is 2.68. The van der Waals surface area contributed by atoms with Crippen LogP contribution < -0.4 is 0 Å². The Balaban J connectivity index is 1.86. The largest absolute Gasteiger partial charge is 0.358 e. The Labute approximate surface area is 135 Å². The Bertz CT molecular complexity index is 873. The molecule has 0 amide bonds. The minimum absolute atomic E-state index is 0.0132. The zero-order chi connectivity index (χ0) is 16.7. The molecule has 118 valence electrons. The van der Waals surface area contributed by atoms with E-state index in [4.69, 9.17) is 4.28 Å². The Morgan fingerprint density at radius 2 is 2.04 bits per heavy atom. The van der Waals surface area contributed by atoms with Crippen molar-refractivity contribution in [1.82, 2.24) is 0 Å². The Morgan fingerprint density at radius 1 is 1.39 bits per heavy atom. The van der Waals surface area contributed by atoms with E-state index in [9.17, 15) is 13.7 Å². The average molecular weight is 328 g/mol. The Hall–Kier alpha value is -2.39. The molecule has 0 saturated carbocycles. The molecule has 4 rings (SSSR count). The molecule has 3 aliphatic carbocycles. The highest BCUT2D eigenvalue weighted by molar-refractivity contribution is 7.86. The molecular formula is C17H16N2O3S. The van der Waals surface area contributed by atoms with Crippen molar-refractivity contribution >= 4 is 15.8 Å². The van der Waals surface area contributed by atoms with Crippen molar-refractivity contribution in [3.8, 4) is 6.07 Å². The number of rotatable bonds is 4. The standard InChI is InChI=1S/C17H16N2O3S/c1-12-3-5-15(6-4-12)23(20,21)22-19-16(11-18)17(2)8-7-13-9-14(17)10-13/h3-9,14H,10H2,1-2H3/b19-16+. The highest BCUT2D eigenvalue weighted by Crippen LogP contribution is 2.47. The van der Waals surface area contributed by atoms with Crippen LogP contribution in [-0.2, 0) is 14.4 Å². The average Bonchev–Trinajstić information content (AvgIpc) is 2.47. The van der Waals surface area contributed by atoms with Gasteiger partial charge in [-0.05, 0) is 38.3 Å². The monoisotopic (exact) mass is 328 g/mol. The molecule has 0 N–H and O–H groups in total. The Kier molecular flexibility index (Phi) is 3.61. The predicted molar refractivity (Wildman–Crippen MR) is 85.9 cm³/mol. The lowest BCUT2D eigenvalue weighted by atomic mass is 9.61. The fraction of sp³-hybridized carbons (Fsp3) is 0.294. The molecule has 3 aliphatic rings. The molecule has 6 heteroatoms. The van der Waals surface area contributed by atoms with Gasteiger partial charge in [0.25, 0.3) is 0 Å². The van der Waals surface area contributed by atoms with Gasteiger partial charge in [0.15, 0.2) is 5.71 Å². The first-order valence-corrected chi connectivity index (χ1v) is 8.65. The topological polar surface area (TPSA) is 79.5 Å². The van der Waals surface area contributed by atoms with Crippen LogP contribution in [0.5, 0.6) is 0 Å². The number of hydrogen-bond donors (Lipinski definition) is 0. The summed E-state index contributed by atoms with van der Waals surface area (Å²) in [6, 6.07) is 8.24. The van der Waals surface area contributed by atoms with Crippen LogP contribution in [0.4, 0.5) is 0 Å². The highest BCUT2D eigenvalue weighted by atomic mass is 32.2. The smallest absolute Gasteiger partial charge is 0.264 e. The number of allylic oxidation sites excluding steroid dienone is 4. The molecular weight excluding hydrogens is 312 g/mol. The summed E-state index contributed by atoms with van der Waals surface area (Å²) < 4.78 is 29.1. The minimum Gasteiger partial charge on any atom is -0.264 e. The van der Waals surface area contributed by atoms with Crippen molar-refractivity contribution in [2.75, 3.05) is 0 Å². The van der Waals surface area contributed by atoms with Gasteiger partial charge in [0.05, 0.1) is 0 Å². The first-order chi connectivity index (χ1) is 10.8. The second kappa shape index (κ2) is 5.36. The van der Waals surface area contributed by atoms with Gasteiger partial charge >= 0.3 is 10.1 Å².